The van der Waals surface area contributed by atoms with E-state index in [1.165, 1.54) is 38.5 Å². The molecule has 1 fully saturated rings. The third kappa shape index (κ3) is 3.60. The third-order valence-electron chi connectivity index (χ3n) is 2.49. The van der Waals surface area contributed by atoms with E-state index in [1.807, 2.05) is 0 Å². The van der Waals surface area contributed by atoms with E-state index in [9.17, 15) is 0 Å². The van der Waals surface area contributed by atoms with E-state index in [4.69, 9.17) is 0 Å². The Labute approximate surface area is 70.7 Å². The summed E-state index contributed by atoms with van der Waals surface area (Å²) in [5.74, 6) is 0.931. The first-order valence-corrected chi connectivity index (χ1v) is 4.88. The van der Waals surface area contributed by atoms with Gasteiger partial charge in [-0.3, -0.25) is 0 Å². The average Bonchev–Trinajstić information content (AvgIpc) is 2.07. The first kappa shape index (κ1) is 8.83. The average molecular weight is 151 g/mol. The van der Waals surface area contributed by atoms with Crippen LogP contribution < -0.4 is 0 Å². The van der Waals surface area contributed by atoms with E-state index in [2.05, 4.69) is 25.5 Å². The molecule has 0 aromatic heterocycles. The summed E-state index contributed by atoms with van der Waals surface area (Å²) in [6.07, 6.45) is 15.3. The molecule has 1 aliphatic carbocycles. The molecule has 0 aromatic carbocycles. The minimum absolute atomic E-state index is 0.931. The van der Waals surface area contributed by atoms with Gasteiger partial charge in [-0.25, -0.2) is 0 Å². The van der Waals surface area contributed by atoms with Gasteiger partial charge in [0.2, 0.25) is 0 Å². The van der Waals surface area contributed by atoms with Crippen LogP contribution in [-0.4, -0.2) is 0 Å². The number of hydrogen-bond donors (Lipinski definition) is 0. The Bertz CT molecular complexity index is 107. The Morgan fingerprint density at radius 1 is 1.18 bits per heavy atom. The second-order valence-corrected chi connectivity index (χ2v) is 3.44. The van der Waals surface area contributed by atoms with E-state index in [-0.39, 0.29) is 0 Å². The van der Waals surface area contributed by atoms with Crippen LogP contribution in [0.25, 0.3) is 0 Å². The van der Waals surface area contributed by atoms with Crippen molar-refractivity contribution in [3.05, 3.63) is 18.6 Å². The third-order valence-corrected chi connectivity index (χ3v) is 2.49. The van der Waals surface area contributed by atoms with Crippen LogP contribution in [0.4, 0.5) is 0 Å². The van der Waals surface area contributed by atoms with E-state index in [0.717, 1.165) is 5.92 Å². The maximum atomic E-state index is 2.49. The topological polar surface area (TPSA) is 0 Å². The molecule has 1 rings (SSSR count). The van der Waals surface area contributed by atoms with Crippen LogP contribution in [0.1, 0.15) is 45.4 Å². The predicted molar refractivity (Wildman–Crippen MR) is 50.3 cm³/mol. The SMILES string of the molecule is CC=CC[CH]C1CCCCC1. The zero-order chi connectivity index (χ0) is 7.94. The van der Waals surface area contributed by atoms with Gasteiger partial charge in [0.15, 0.2) is 0 Å². The van der Waals surface area contributed by atoms with Crippen LogP contribution in [0.5, 0.6) is 0 Å². The molecule has 0 aliphatic heterocycles. The minimum atomic E-state index is 0.931. The lowest BCUT2D eigenvalue weighted by molar-refractivity contribution is 0.395. The van der Waals surface area contributed by atoms with Gasteiger partial charge in [-0.2, -0.15) is 0 Å². The first-order chi connectivity index (χ1) is 5.43. The van der Waals surface area contributed by atoms with Crippen molar-refractivity contribution < 1.29 is 0 Å². The smallest absolute Gasteiger partial charge is 0.0317 e. The Balaban J connectivity index is 2.04. The Kier molecular flexibility index (Phi) is 4.33. The molecule has 0 amide bonds. The van der Waals surface area contributed by atoms with Crippen molar-refractivity contribution in [2.24, 2.45) is 5.92 Å². The molecule has 1 radical (unpaired) electrons. The summed E-state index contributed by atoms with van der Waals surface area (Å²) in [6.45, 7) is 2.09. The first-order valence-electron chi connectivity index (χ1n) is 4.88. The van der Waals surface area contributed by atoms with Crippen molar-refractivity contribution in [3.63, 3.8) is 0 Å². The molecule has 0 aromatic rings. The maximum Gasteiger partial charge on any atom is -0.0317 e. The monoisotopic (exact) mass is 151 g/mol. The summed E-state index contributed by atoms with van der Waals surface area (Å²) in [6, 6.07) is 0. The van der Waals surface area contributed by atoms with Gasteiger partial charge in [-0.15, -0.1) is 0 Å². The van der Waals surface area contributed by atoms with Crippen LogP contribution in [0.3, 0.4) is 0 Å². The molecule has 63 valence electrons. The fraction of sp³-hybridized carbons (Fsp3) is 0.727. The molecule has 1 aliphatic rings. The molecule has 0 nitrogen and oxygen atoms in total. The second-order valence-electron chi connectivity index (χ2n) is 3.44. The van der Waals surface area contributed by atoms with Crippen LogP contribution in [0.15, 0.2) is 12.2 Å². The zero-order valence-corrected chi connectivity index (χ0v) is 7.55. The molecular weight excluding hydrogens is 132 g/mol. The summed E-state index contributed by atoms with van der Waals surface area (Å²) in [5, 5.41) is 0. The number of allylic oxidation sites excluding steroid dienone is 2. The Morgan fingerprint density at radius 3 is 2.55 bits per heavy atom. The normalized spacial score (nSPS) is 21.2. The van der Waals surface area contributed by atoms with E-state index < -0.39 is 0 Å². The van der Waals surface area contributed by atoms with Gasteiger partial charge >= 0.3 is 0 Å². The highest BCUT2D eigenvalue weighted by Gasteiger charge is 2.11. The van der Waals surface area contributed by atoms with Crippen LogP contribution in [0, 0.1) is 12.3 Å². The largest absolute Gasteiger partial charge is 0.0917 e. The molecule has 11 heavy (non-hydrogen) atoms. The van der Waals surface area contributed by atoms with Crippen molar-refractivity contribution in [2.45, 2.75) is 45.4 Å². The van der Waals surface area contributed by atoms with Crippen molar-refractivity contribution in [1.82, 2.24) is 0 Å². The molecule has 0 unspecified atom stereocenters. The zero-order valence-electron chi connectivity index (χ0n) is 7.55. The van der Waals surface area contributed by atoms with Gasteiger partial charge in [-0.05, 0) is 25.7 Å². The fourth-order valence-corrected chi connectivity index (χ4v) is 1.78. The van der Waals surface area contributed by atoms with Crippen molar-refractivity contribution in [2.75, 3.05) is 0 Å². The highest BCUT2D eigenvalue weighted by molar-refractivity contribution is 4.88. The molecule has 0 heteroatoms. The van der Waals surface area contributed by atoms with Crippen molar-refractivity contribution in [3.8, 4) is 0 Å². The van der Waals surface area contributed by atoms with E-state index >= 15 is 0 Å². The van der Waals surface area contributed by atoms with Gasteiger partial charge in [-0.1, -0.05) is 44.3 Å². The summed E-state index contributed by atoms with van der Waals surface area (Å²) < 4.78 is 0. The number of rotatable bonds is 3. The Morgan fingerprint density at radius 2 is 1.91 bits per heavy atom. The quantitative estimate of drug-likeness (QED) is 0.539. The number of hydrogen-bond acceptors (Lipinski definition) is 0. The summed E-state index contributed by atoms with van der Waals surface area (Å²) in [7, 11) is 0. The van der Waals surface area contributed by atoms with Gasteiger partial charge in [0, 0.05) is 0 Å². The minimum Gasteiger partial charge on any atom is -0.0917 e. The molecule has 1 saturated carbocycles. The lowest BCUT2D eigenvalue weighted by atomic mass is 9.86. The highest BCUT2D eigenvalue weighted by Crippen LogP contribution is 2.26. The van der Waals surface area contributed by atoms with E-state index in [0.29, 0.717) is 0 Å². The summed E-state index contributed by atoms with van der Waals surface area (Å²) >= 11 is 0. The van der Waals surface area contributed by atoms with Crippen molar-refractivity contribution in [1.29, 1.82) is 0 Å². The van der Waals surface area contributed by atoms with Gasteiger partial charge in [0.1, 0.15) is 0 Å². The summed E-state index contributed by atoms with van der Waals surface area (Å²) in [5.41, 5.74) is 0. The molecule has 0 atom stereocenters. The van der Waals surface area contributed by atoms with Crippen LogP contribution >= 0.6 is 0 Å². The standard InChI is InChI=1S/C11H19/c1-2-3-5-8-11-9-6-4-7-10-11/h2-3,8,11H,4-7,9-10H2,1H3. The predicted octanol–water partition coefficient (Wildman–Crippen LogP) is 3.74. The lowest BCUT2D eigenvalue weighted by Gasteiger charge is -2.20. The molecule has 0 N–H and O–H groups in total. The van der Waals surface area contributed by atoms with Crippen LogP contribution in [0.2, 0.25) is 0 Å². The molecule has 0 spiro atoms. The van der Waals surface area contributed by atoms with Crippen molar-refractivity contribution >= 4 is 0 Å². The van der Waals surface area contributed by atoms with E-state index in [1.54, 1.807) is 0 Å². The van der Waals surface area contributed by atoms with Gasteiger partial charge in [0.25, 0.3) is 0 Å². The lowest BCUT2D eigenvalue weighted by Crippen LogP contribution is -2.05. The summed E-state index contributed by atoms with van der Waals surface area (Å²) in [4.78, 5) is 0. The van der Waals surface area contributed by atoms with Gasteiger partial charge < -0.3 is 0 Å². The maximum absolute atomic E-state index is 2.49. The second kappa shape index (κ2) is 5.40. The molecule has 0 heterocycles. The highest BCUT2D eigenvalue weighted by atomic mass is 14.2. The van der Waals surface area contributed by atoms with Crippen LogP contribution in [-0.2, 0) is 0 Å². The van der Waals surface area contributed by atoms with Gasteiger partial charge in [0.05, 0.1) is 0 Å². The molecule has 0 bridgehead atoms. The fourth-order valence-electron chi connectivity index (χ4n) is 1.78. The molecule has 0 saturated heterocycles. The molecular formula is C11H19. The Hall–Kier alpha value is -0.260.